The summed E-state index contributed by atoms with van der Waals surface area (Å²) in [5, 5.41) is 5.00. The Labute approximate surface area is 195 Å². The van der Waals surface area contributed by atoms with Gasteiger partial charge in [0.2, 0.25) is 5.28 Å². The number of hydrogen-bond donors (Lipinski definition) is 3. The zero-order chi connectivity index (χ0) is 24.2. The van der Waals surface area contributed by atoms with Crippen molar-refractivity contribution in [1.82, 2.24) is 9.97 Å². The molecule has 174 valence electrons. The summed E-state index contributed by atoms with van der Waals surface area (Å²) in [5.41, 5.74) is -0.639. The summed E-state index contributed by atoms with van der Waals surface area (Å²) in [6.45, 7) is 5.13. The van der Waals surface area contributed by atoms with E-state index in [0.717, 1.165) is 12.3 Å². The van der Waals surface area contributed by atoms with Crippen molar-refractivity contribution < 1.29 is 22.3 Å². The van der Waals surface area contributed by atoms with E-state index in [2.05, 4.69) is 25.3 Å². The highest BCUT2D eigenvalue weighted by atomic mass is 35.5. The quantitative estimate of drug-likeness (QED) is 0.405. The van der Waals surface area contributed by atoms with Gasteiger partial charge in [-0.1, -0.05) is 18.2 Å². The first-order valence-electron chi connectivity index (χ1n) is 9.60. The number of nitrogens with zero attached hydrogens (tertiary/aromatic N) is 2. The Morgan fingerprint density at radius 1 is 1.09 bits per heavy atom. The van der Waals surface area contributed by atoms with Gasteiger partial charge in [0.25, 0.3) is 10.0 Å². The first kappa shape index (κ1) is 24.2. The molecule has 1 amide bonds. The minimum absolute atomic E-state index is 0.0145. The number of carbonyl (C=O) groups excluding carboxylic acids is 1. The third-order valence-corrected chi connectivity index (χ3v) is 5.49. The Bertz CT molecular complexity index is 1270. The molecule has 0 spiro atoms. The van der Waals surface area contributed by atoms with Gasteiger partial charge in [-0.05, 0) is 62.7 Å². The average Bonchev–Trinajstić information content (AvgIpc) is 2.71. The summed E-state index contributed by atoms with van der Waals surface area (Å²) < 4.78 is 47.4. The van der Waals surface area contributed by atoms with Crippen LogP contribution >= 0.6 is 11.6 Å². The standard InChI is InChI=1S/C21H21ClFN5O4S/c1-21(2,3)32-20(29)25-13-9-10-15(23)16(11-13)26-18-17(12-24-19(22)27-18)28-33(30,31)14-7-5-4-6-8-14/h4-12,28H,1-3H3,(H,25,29)(H,24,26,27). The first-order chi connectivity index (χ1) is 15.4. The van der Waals surface area contributed by atoms with Crippen molar-refractivity contribution in [2.75, 3.05) is 15.4 Å². The zero-order valence-corrected chi connectivity index (χ0v) is 19.5. The number of halogens is 2. The summed E-state index contributed by atoms with van der Waals surface area (Å²) in [6, 6.07) is 11.4. The van der Waals surface area contributed by atoms with Crippen LogP contribution in [0.1, 0.15) is 20.8 Å². The molecular weight excluding hydrogens is 473 g/mol. The molecule has 0 unspecified atom stereocenters. The van der Waals surface area contributed by atoms with E-state index in [9.17, 15) is 17.6 Å². The molecule has 1 heterocycles. The number of rotatable bonds is 6. The van der Waals surface area contributed by atoms with Gasteiger partial charge in [-0.15, -0.1) is 0 Å². The largest absolute Gasteiger partial charge is 0.444 e. The van der Waals surface area contributed by atoms with Crippen LogP contribution in [0, 0.1) is 5.82 Å². The van der Waals surface area contributed by atoms with Crippen molar-refractivity contribution in [2.45, 2.75) is 31.3 Å². The number of aromatic nitrogens is 2. The molecule has 0 aliphatic rings. The number of anilines is 4. The maximum absolute atomic E-state index is 14.5. The van der Waals surface area contributed by atoms with E-state index in [1.165, 1.54) is 24.3 Å². The van der Waals surface area contributed by atoms with Crippen LogP contribution in [-0.2, 0) is 14.8 Å². The molecule has 33 heavy (non-hydrogen) atoms. The molecule has 0 saturated carbocycles. The molecule has 0 aliphatic carbocycles. The minimum atomic E-state index is -3.97. The summed E-state index contributed by atoms with van der Waals surface area (Å²) >= 11 is 5.87. The van der Waals surface area contributed by atoms with Gasteiger partial charge in [-0.3, -0.25) is 10.0 Å². The van der Waals surface area contributed by atoms with Gasteiger partial charge in [0.05, 0.1) is 16.8 Å². The molecule has 0 radical (unpaired) electrons. The van der Waals surface area contributed by atoms with Gasteiger partial charge in [0, 0.05) is 5.69 Å². The van der Waals surface area contributed by atoms with Gasteiger partial charge < -0.3 is 10.1 Å². The van der Waals surface area contributed by atoms with Crippen LogP contribution in [0.3, 0.4) is 0 Å². The van der Waals surface area contributed by atoms with Crippen LogP contribution < -0.4 is 15.4 Å². The van der Waals surface area contributed by atoms with Crippen molar-refractivity contribution in [1.29, 1.82) is 0 Å². The fourth-order valence-corrected chi connectivity index (χ4v) is 3.79. The van der Waals surface area contributed by atoms with Gasteiger partial charge >= 0.3 is 6.09 Å². The number of amides is 1. The van der Waals surface area contributed by atoms with Crippen molar-refractivity contribution in [3.63, 3.8) is 0 Å². The lowest BCUT2D eigenvalue weighted by Gasteiger charge is -2.20. The van der Waals surface area contributed by atoms with Crippen LogP contribution in [0.25, 0.3) is 0 Å². The number of benzene rings is 2. The van der Waals surface area contributed by atoms with Crippen molar-refractivity contribution in [3.05, 3.63) is 65.8 Å². The van der Waals surface area contributed by atoms with E-state index in [-0.39, 0.29) is 33.1 Å². The lowest BCUT2D eigenvalue weighted by Crippen LogP contribution is -2.27. The molecule has 2 aromatic carbocycles. The second-order valence-electron chi connectivity index (χ2n) is 7.77. The molecule has 1 aromatic heterocycles. The zero-order valence-electron chi connectivity index (χ0n) is 17.9. The Hall–Kier alpha value is -3.44. The van der Waals surface area contributed by atoms with Crippen LogP contribution in [0.2, 0.25) is 5.28 Å². The van der Waals surface area contributed by atoms with Crippen molar-refractivity contribution in [3.8, 4) is 0 Å². The topological polar surface area (TPSA) is 122 Å². The molecule has 3 N–H and O–H groups in total. The highest BCUT2D eigenvalue weighted by Crippen LogP contribution is 2.29. The SMILES string of the molecule is CC(C)(C)OC(=O)Nc1ccc(F)c(Nc2nc(Cl)ncc2NS(=O)(=O)c2ccccc2)c1. The molecule has 9 nitrogen and oxygen atoms in total. The molecule has 0 saturated heterocycles. The molecular formula is C21H21ClFN5O4S. The third kappa shape index (κ3) is 6.77. The summed E-state index contributed by atoms with van der Waals surface area (Å²) in [5.74, 6) is -0.779. The van der Waals surface area contributed by atoms with Gasteiger partial charge in [-0.25, -0.2) is 22.6 Å². The molecule has 0 bridgehead atoms. The second-order valence-corrected chi connectivity index (χ2v) is 9.79. The lowest BCUT2D eigenvalue weighted by molar-refractivity contribution is 0.0636. The van der Waals surface area contributed by atoms with Crippen molar-refractivity contribution in [2.24, 2.45) is 0 Å². The monoisotopic (exact) mass is 493 g/mol. The van der Waals surface area contributed by atoms with Crippen LogP contribution in [0.4, 0.5) is 32.1 Å². The summed E-state index contributed by atoms with van der Waals surface area (Å²) in [6.07, 6.45) is 0.431. The Balaban J connectivity index is 1.88. The van der Waals surface area contributed by atoms with Crippen molar-refractivity contribution >= 4 is 50.6 Å². The second kappa shape index (κ2) is 9.59. The Morgan fingerprint density at radius 3 is 2.45 bits per heavy atom. The number of hydrogen-bond acceptors (Lipinski definition) is 7. The predicted octanol–water partition coefficient (Wildman–Crippen LogP) is 5.16. The van der Waals surface area contributed by atoms with Gasteiger partial charge in [0.1, 0.15) is 17.1 Å². The van der Waals surface area contributed by atoms with Gasteiger partial charge in [-0.2, -0.15) is 4.98 Å². The molecule has 3 rings (SSSR count). The van der Waals surface area contributed by atoms with Gasteiger partial charge in [0.15, 0.2) is 5.82 Å². The van der Waals surface area contributed by atoms with E-state index in [4.69, 9.17) is 16.3 Å². The highest BCUT2D eigenvalue weighted by molar-refractivity contribution is 7.92. The van der Waals surface area contributed by atoms with Crippen LogP contribution in [0.15, 0.2) is 59.6 Å². The van der Waals surface area contributed by atoms with E-state index in [0.29, 0.717) is 0 Å². The van der Waals surface area contributed by atoms with E-state index >= 15 is 0 Å². The first-order valence-corrected chi connectivity index (χ1v) is 11.5. The molecule has 0 aliphatic heterocycles. The van der Waals surface area contributed by atoms with E-state index in [1.807, 2.05) is 0 Å². The fourth-order valence-electron chi connectivity index (χ4n) is 2.58. The lowest BCUT2D eigenvalue weighted by atomic mass is 10.2. The van der Waals surface area contributed by atoms with E-state index < -0.39 is 27.5 Å². The normalized spacial score (nSPS) is 11.5. The Kier molecular flexibility index (Phi) is 7.04. The fraction of sp³-hybridized carbons (Fsp3) is 0.190. The molecule has 0 fully saturated rings. The molecule has 12 heteroatoms. The smallest absolute Gasteiger partial charge is 0.412 e. The predicted molar refractivity (Wildman–Crippen MR) is 124 cm³/mol. The molecule has 3 aromatic rings. The molecule has 0 atom stereocenters. The highest BCUT2D eigenvalue weighted by Gasteiger charge is 2.19. The summed E-state index contributed by atoms with van der Waals surface area (Å²) in [4.78, 5) is 19.8. The number of sulfonamides is 1. The number of ether oxygens (including phenoxy) is 1. The average molecular weight is 494 g/mol. The third-order valence-electron chi connectivity index (χ3n) is 3.92. The maximum atomic E-state index is 14.5. The Morgan fingerprint density at radius 2 is 1.79 bits per heavy atom. The number of carbonyl (C=O) groups is 1. The number of nitrogens with one attached hydrogen (secondary N) is 3. The maximum Gasteiger partial charge on any atom is 0.412 e. The van der Waals surface area contributed by atoms with Crippen LogP contribution in [0.5, 0.6) is 0 Å². The minimum Gasteiger partial charge on any atom is -0.444 e. The summed E-state index contributed by atoms with van der Waals surface area (Å²) in [7, 11) is -3.97. The van der Waals surface area contributed by atoms with Crippen LogP contribution in [-0.4, -0.2) is 30.1 Å². The van der Waals surface area contributed by atoms with E-state index in [1.54, 1.807) is 39.0 Å².